The molecule has 0 aliphatic heterocycles. The van der Waals surface area contributed by atoms with E-state index in [1.165, 1.54) is 6.21 Å². The van der Waals surface area contributed by atoms with Crippen LogP contribution in [0.4, 0.5) is 10.1 Å². The summed E-state index contributed by atoms with van der Waals surface area (Å²) >= 11 is 5.75. The van der Waals surface area contributed by atoms with Crippen LogP contribution in [-0.4, -0.2) is 25.2 Å². The van der Waals surface area contributed by atoms with Crippen molar-refractivity contribution in [3.05, 3.63) is 53.0 Å². The third kappa shape index (κ3) is 5.76. The Hall–Kier alpha value is -2.18. The van der Waals surface area contributed by atoms with Gasteiger partial charge in [0.2, 0.25) is 0 Å². The maximum atomic E-state index is 12.3. The first-order valence-electron chi connectivity index (χ1n) is 6.07. The summed E-state index contributed by atoms with van der Waals surface area (Å²) in [6, 6.07) is 6.61. The molecule has 7 heteroatoms. The van der Waals surface area contributed by atoms with Crippen molar-refractivity contribution in [1.82, 2.24) is 0 Å². The van der Waals surface area contributed by atoms with Crippen molar-refractivity contribution in [3.8, 4) is 0 Å². The average Bonchev–Trinajstić information content (AvgIpc) is 2.50. The Morgan fingerprint density at radius 3 is 2.57 bits per heavy atom. The lowest BCUT2D eigenvalue weighted by molar-refractivity contribution is -0.112. The second kappa shape index (κ2) is 8.89. The number of nitrogens with two attached hydrogens (primary N) is 2. The highest BCUT2D eigenvalue weighted by Gasteiger charge is 2.07. The van der Waals surface area contributed by atoms with Crippen LogP contribution in [0.3, 0.4) is 0 Å². The van der Waals surface area contributed by atoms with Gasteiger partial charge in [-0.2, -0.15) is 0 Å². The monoisotopic (exact) mass is 310 g/mol. The van der Waals surface area contributed by atoms with E-state index < -0.39 is 5.91 Å². The zero-order chi connectivity index (χ0) is 15.7. The van der Waals surface area contributed by atoms with Gasteiger partial charge in [-0.3, -0.25) is 9.79 Å². The number of carbonyl (C=O) groups is 1. The summed E-state index contributed by atoms with van der Waals surface area (Å²) in [7, 11) is 0. The summed E-state index contributed by atoms with van der Waals surface area (Å²) < 4.78 is 12.3. The Balaban J connectivity index is 2.66. The molecule has 112 valence electrons. The van der Waals surface area contributed by atoms with E-state index in [-0.39, 0.29) is 18.7 Å². The van der Waals surface area contributed by atoms with Crippen LogP contribution in [0, 0.1) is 0 Å². The fourth-order valence-corrected chi connectivity index (χ4v) is 1.44. The van der Waals surface area contributed by atoms with Gasteiger partial charge in [0.1, 0.15) is 0 Å². The molecule has 5 nitrogen and oxygen atoms in total. The van der Waals surface area contributed by atoms with Gasteiger partial charge in [-0.05, 0) is 29.8 Å². The summed E-state index contributed by atoms with van der Waals surface area (Å²) in [5.74, 6) is -0.429. The molecule has 0 saturated carbocycles. The number of anilines is 1. The van der Waals surface area contributed by atoms with Gasteiger partial charge < -0.3 is 16.8 Å². The minimum absolute atomic E-state index is 0.0620. The molecule has 0 atom stereocenters. The van der Waals surface area contributed by atoms with Gasteiger partial charge >= 0.3 is 0 Å². The molecule has 0 aromatic heterocycles. The molecule has 1 amide bonds. The second-order valence-corrected chi connectivity index (χ2v) is 4.46. The first-order chi connectivity index (χ1) is 10.1. The van der Waals surface area contributed by atoms with E-state index in [1.807, 2.05) is 0 Å². The zero-order valence-corrected chi connectivity index (χ0v) is 12.0. The van der Waals surface area contributed by atoms with Gasteiger partial charge in [0.05, 0.1) is 18.4 Å². The van der Waals surface area contributed by atoms with Gasteiger partial charge in [-0.15, -0.1) is 0 Å². The minimum Gasteiger partial charge on any atom is -0.404 e. The van der Waals surface area contributed by atoms with E-state index in [4.69, 9.17) is 23.1 Å². The van der Waals surface area contributed by atoms with Crippen LogP contribution in [0.15, 0.2) is 52.9 Å². The summed E-state index contributed by atoms with van der Waals surface area (Å²) in [4.78, 5) is 15.9. The predicted octanol–water partition coefficient (Wildman–Crippen LogP) is 2.00. The minimum atomic E-state index is -0.429. The number of halogens is 2. The van der Waals surface area contributed by atoms with Crippen LogP contribution in [0.2, 0.25) is 5.02 Å². The van der Waals surface area contributed by atoms with Crippen LogP contribution in [-0.2, 0) is 4.79 Å². The van der Waals surface area contributed by atoms with E-state index in [2.05, 4.69) is 10.3 Å². The van der Waals surface area contributed by atoms with Crippen molar-refractivity contribution in [3.63, 3.8) is 0 Å². The van der Waals surface area contributed by atoms with Crippen molar-refractivity contribution < 1.29 is 9.18 Å². The third-order valence-corrected chi connectivity index (χ3v) is 2.74. The number of hydrogen-bond donors (Lipinski definition) is 3. The Kier molecular flexibility index (Phi) is 7.14. The number of carbonyl (C=O) groups excluding carboxylic acids is 1. The molecular formula is C14H16ClFN4O. The molecule has 1 rings (SSSR count). The first kappa shape index (κ1) is 16.9. The fraction of sp³-hybridized carbons (Fsp3) is 0.143. The number of nitrogens with zero attached hydrogens (tertiary/aromatic N) is 1. The number of aliphatic imine (C=N–C) groups is 1. The molecule has 0 unspecified atom stereocenters. The molecule has 1 aromatic rings. The Bertz CT molecular complexity index is 567. The molecule has 0 spiro atoms. The topological polar surface area (TPSA) is 93.5 Å². The van der Waals surface area contributed by atoms with E-state index in [0.29, 0.717) is 22.6 Å². The quantitative estimate of drug-likeness (QED) is 0.554. The van der Waals surface area contributed by atoms with Crippen molar-refractivity contribution in [1.29, 1.82) is 0 Å². The number of amides is 1. The second-order valence-electron chi connectivity index (χ2n) is 4.02. The van der Waals surface area contributed by atoms with E-state index in [9.17, 15) is 9.18 Å². The Morgan fingerprint density at radius 2 is 2.05 bits per heavy atom. The van der Waals surface area contributed by atoms with E-state index in [1.54, 1.807) is 24.3 Å². The normalized spacial score (nSPS) is 12.7. The number of benzene rings is 1. The largest absolute Gasteiger partial charge is 0.404 e. The van der Waals surface area contributed by atoms with Crippen molar-refractivity contribution in [2.45, 2.75) is 0 Å². The number of hydrogen-bond acceptors (Lipinski definition) is 4. The molecule has 0 saturated heterocycles. The van der Waals surface area contributed by atoms with Crippen molar-refractivity contribution in [2.75, 3.05) is 18.4 Å². The lowest BCUT2D eigenvalue weighted by atomic mass is 10.2. The molecule has 0 aliphatic carbocycles. The smallest absolute Gasteiger partial charge is 0.258 e. The number of nitrogens with one attached hydrogen (secondary N) is 1. The average molecular weight is 311 g/mol. The van der Waals surface area contributed by atoms with E-state index >= 15 is 0 Å². The molecular weight excluding hydrogens is 295 g/mol. The molecule has 0 fully saturated rings. The van der Waals surface area contributed by atoms with Gasteiger partial charge in [-0.1, -0.05) is 11.6 Å². The van der Waals surface area contributed by atoms with E-state index in [0.717, 1.165) is 6.20 Å². The summed E-state index contributed by atoms with van der Waals surface area (Å²) in [5.41, 5.74) is 11.7. The Morgan fingerprint density at radius 1 is 1.38 bits per heavy atom. The van der Waals surface area contributed by atoms with Gasteiger partial charge in [0.15, 0.2) is 0 Å². The first-order valence-corrected chi connectivity index (χ1v) is 6.45. The Labute approximate surface area is 127 Å². The third-order valence-electron chi connectivity index (χ3n) is 2.49. The molecule has 0 aliphatic rings. The maximum Gasteiger partial charge on any atom is 0.258 e. The summed E-state index contributed by atoms with van der Waals surface area (Å²) in [5, 5.41) is 3.20. The fourth-order valence-electron chi connectivity index (χ4n) is 1.32. The molecule has 0 bridgehead atoms. The molecule has 0 radical (unpaired) electrons. The van der Waals surface area contributed by atoms with Gasteiger partial charge in [0.25, 0.3) is 5.91 Å². The number of rotatable bonds is 6. The van der Waals surface area contributed by atoms with Gasteiger partial charge in [0, 0.05) is 29.7 Å². The maximum absolute atomic E-state index is 12.3. The lowest BCUT2D eigenvalue weighted by Crippen LogP contribution is -2.16. The SMILES string of the molecule is NC=C(C=NC/C(=C/F)CN)C(=O)Nc1ccc(Cl)cc1. The van der Waals surface area contributed by atoms with Crippen molar-refractivity contribution >= 4 is 29.4 Å². The van der Waals surface area contributed by atoms with Crippen molar-refractivity contribution in [2.24, 2.45) is 16.5 Å². The van der Waals surface area contributed by atoms with Crippen LogP contribution >= 0.6 is 11.6 Å². The predicted molar refractivity (Wildman–Crippen MR) is 84.0 cm³/mol. The molecule has 1 aromatic carbocycles. The van der Waals surface area contributed by atoms with Crippen LogP contribution < -0.4 is 16.8 Å². The molecule has 5 N–H and O–H groups in total. The van der Waals surface area contributed by atoms with Gasteiger partial charge in [-0.25, -0.2) is 4.39 Å². The van der Waals surface area contributed by atoms with Crippen LogP contribution in [0.5, 0.6) is 0 Å². The highest BCUT2D eigenvalue weighted by atomic mass is 35.5. The standard InChI is InChI=1S/C14H16ClFN4O/c15-12-1-3-13(4-2-12)20-14(21)11(7-18)9-19-8-10(5-16)6-17/h1-5,7,9H,6,8,17-18H2,(H,20,21)/b10-5+,11-7?,19-9?. The lowest BCUT2D eigenvalue weighted by Gasteiger charge is -2.05. The molecule has 21 heavy (non-hydrogen) atoms. The van der Waals surface area contributed by atoms with Crippen LogP contribution in [0.25, 0.3) is 0 Å². The summed E-state index contributed by atoms with van der Waals surface area (Å²) in [6.07, 6.45) is 2.79. The van der Waals surface area contributed by atoms with Crippen LogP contribution in [0.1, 0.15) is 0 Å². The zero-order valence-electron chi connectivity index (χ0n) is 11.2. The molecule has 0 heterocycles. The summed E-state index contributed by atoms with van der Waals surface area (Å²) in [6.45, 7) is 0.130. The highest BCUT2D eigenvalue weighted by Crippen LogP contribution is 2.13. The highest BCUT2D eigenvalue weighted by molar-refractivity contribution is 6.30.